The predicted octanol–water partition coefficient (Wildman–Crippen LogP) is 1.18. The van der Waals surface area contributed by atoms with Crippen LogP contribution in [0.2, 0.25) is 0 Å². The van der Waals surface area contributed by atoms with Crippen molar-refractivity contribution in [2.75, 3.05) is 26.7 Å². The first-order valence-electron chi connectivity index (χ1n) is 5.07. The molecule has 2 atom stereocenters. The molecule has 0 aliphatic carbocycles. The van der Waals surface area contributed by atoms with Crippen LogP contribution in [0.3, 0.4) is 0 Å². The molecule has 0 amide bonds. The van der Waals surface area contributed by atoms with Crippen molar-refractivity contribution in [1.29, 1.82) is 0 Å². The topological polar surface area (TPSA) is 15.3 Å². The minimum Gasteiger partial charge on any atom is -0.316 e. The van der Waals surface area contributed by atoms with Crippen LogP contribution < -0.4 is 5.32 Å². The lowest BCUT2D eigenvalue weighted by Crippen LogP contribution is -2.52. The van der Waals surface area contributed by atoms with Crippen molar-refractivity contribution in [3.8, 4) is 0 Å². The van der Waals surface area contributed by atoms with Crippen molar-refractivity contribution in [2.24, 2.45) is 11.8 Å². The first kappa shape index (κ1) is 10.0. The van der Waals surface area contributed by atoms with Crippen molar-refractivity contribution < 1.29 is 0 Å². The van der Waals surface area contributed by atoms with E-state index < -0.39 is 0 Å². The molecular weight excluding hydrogens is 148 g/mol. The Bertz CT molecular complexity index is 120. The molecule has 72 valence electrons. The summed E-state index contributed by atoms with van der Waals surface area (Å²) >= 11 is 0. The summed E-state index contributed by atoms with van der Waals surface area (Å²) in [6.45, 7) is 10.5. The highest BCUT2D eigenvalue weighted by molar-refractivity contribution is 4.86. The quantitative estimate of drug-likeness (QED) is 0.669. The Morgan fingerprint density at radius 3 is 2.17 bits per heavy atom. The van der Waals surface area contributed by atoms with Gasteiger partial charge in [0.25, 0.3) is 0 Å². The molecule has 0 aromatic carbocycles. The molecular formula is C10H22N2. The van der Waals surface area contributed by atoms with E-state index in [1.165, 1.54) is 19.6 Å². The largest absolute Gasteiger partial charge is 0.316 e. The predicted molar refractivity (Wildman–Crippen MR) is 53.3 cm³/mol. The van der Waals surface area contributed by atoms with Crippen molar-refractivity contribution in [2.45, 2.75) is 26.8 Å². The van der Waals surface area contributed by atoms with Gasteiger partial charge in [0.1, 0.15) is 0 Å². The number of hydrogen-bond acceptors (Lipinski definition) is 2. The molecule has 0 aromatic heterocycles. The SMILES string of the molecule is CCN(C)C1C(C)CNCC1C. The lowest BCUT2D eigenvalue weighted by Gasteiger charge is -2.40. The first-order chi connectivity index (χ1) is 5.66. The van der Waals surface area contributed by atoms with Crippen LogP contribution in [0, 0.1) is 11.8 Å². The van der Waals surface area contributed by atoms with Crippen molar-refractivity contribution >= 4 is 0 Å². The Balaban J connectivity index is 2.56. The Morgan fingerprint density at radius 1 is 1.25 bits per heavy atom. The van der Waals surface area contributed by atoms with E-state index in [1.54, 1.807) is 0 Å². The van der Waals surface area contributed by atoms with E-state index in [4.69, 9.17) is 0 Å². The number of nitrogens with zero attached hydrogens (tertiary/aromatic N) is 1. The summed E-state index contributed by atoms with van der Waals surface area (Å²) in [5, 5.41) is 3.47. The molecule has 1 aliphatic rings. The Morgan fingerprint density at radius 2 is 1.75 bits per heavy atom. The van der Waals surface area contributed by atoms with Gasteiger partial charge in [0.15, 0.2) is 0 Å². The Kier molecular flexibility index (Phi) is 3.53. The molecule has 1 saturated heterocycles. The van der Waals surface area contributed by atoms with E-state index in [0.717, 1.165) is 17.9 Å². The smallest absolute Gasteiger partial charge is 0.0167 e. The first-order valence-corrected chi connectivity index (χ1v) is 5.07. The van der Waals surface area contributed by atoms with Gasteiger partial charge < -0.3 is 10.2 Å². The minimum absolute atomic E-state index is 0.774. The fourth-order valence-electron chi connectivity index (χ4n) is 2.42. The van der Waals surface area contributed by atoms with E-state index in [9.17, 15) is 0 Å². The highest BCUT2D eigenvalue weighted by Crippen LogP contribution is 2.21. The molecule has 1 N–H and O–H groups in total. The van der Waals surface area contributed by atoms with Gasteiger partial charge in [0.2, 0.25) is 0 Å². The van der Waals surface area contributed by atoms with Gasteiger partial charge in [0.05, 0.1) is 0 Å². The van der Waals surface area contributed by atoms with Gasteiger partial charge in [-0.1, -0.05) is 20.8 Å². The third-order valence-electron chi connectivity index (χ3n) is 3.11. The fraction of sp³-hybridized carbons (Fsp3) is 1.00. The zero-order chi connectivity index (χ0) is 9.14. The highest BCUT2D eigenvalue weighted by Gasteiger charge is 2.29. The lowest BCUT2D eigenvalue weighted by molar-refractivity contribution is 0.107. The molecule has 1 aliphatic heterocycles. The van der Waals surface area contributed by atoms with E-state index in [1.807, 2.05) is 0 Å². The average Bonchev–Trinajstić information content (AvgIpc) is 2.03. The molecule has 0 saturated carbocycles. The molecule has 0 spiro atoms. The van der Waals surface area contributed by atoms with Crippen LogP contribution in [0.15, 0.2) is 0 Å². The van der Waals surface area contributed by atoms with Crippen LogP contribution in [0.25, 0.3) is 0 Å². The highest BCUT2D eigenvalue weighted by atomic mass is 15.1. The maximum atomic E-state index is 3.47. The fourth-order valence-corrected chi connectivity index (χ4v) is 2.42. The zero-order valence-corrected chi connectivity index (χ0v) is 8.80. The maximum Gasteiger partial charge on any atom is 0.0167 e. The van der Waals surface area contributed by atoms with E-state index in [2.05, 4.69) is 38.0 Å². The maximum absolute atomic E-state index is 3.47. The van der Waals surface area contributed by atoms with Crippen molar-refractivity contribution in [3.63, 3.8) is 0 Å². The summed E-state index contributed by atoms with van der Waals surface area (Å²) < 4.78 is 0. The molecule has 12 heavy (non-hydrogen) atoms. The van der Waals surface area contributed by atoms with Gasteiger partial charge in [0, 0.05) is 6.04 Å². The molecule has 1 fully saturated rings. The van der Waals surface area contributed by atoms with Crippen LogP contribution in [-0.4, -0.2) is 37.6 Å². The summed E-state index contributed by atoms with van der Waals surface area (Å²) in [7, 11) is 2.24. The van der Waals surface area contributed by atoms with Crippen LogP contribution in [0.5, 0.6) is 0 Å². The molecule has 1 heterocycles. The number of hydrogen-bond donors (Lipinski definition) is 1. The summed E-state index contributed by atoms with van der Waals surface area (Å²) in [6, 6.07) is 0.774. The van der Waals surface area contributed by atoms with Gasteiger partial charge in [-0.25, -0.2) is 0 Å². The molecule has 2 heteroatoms. The summed E-state index contributed by atoms with van der Waals surface area (Å²) in [6.07, 6.45) is 0. The molecule has 2 unspecified atom stereocenters. The molecule has 0 radical (unpaired) electrons. The standard InChI is InChI=1S/C10H22N2/c1-5-12(4)10-8(2)6-11-7-9(10)3/h8-11H,5-7H2,1-4H3. The molecule has 0 aromatic rings. The van der Waals surface area contributed by atoms with E-state index in [0.29, 0.717) is 0 Å². The van der Waals surface area contributed by atoms with Gasteiger partial charge in [-0.05, 0) is 38.5 Å². The second kappa shape index (κ2) is 4.24. The second-order valence-electron chi connectivity index (χ2n) is 4.18. The van der Waals surface area contributed by atoms with Crippen molar-refractivity contribution in [3.05, 3.63) is 0 Å². The minimum atomic E-state index is 0.774. The molecule has 2 nitrogen and oxygen atoms in total. The Labute approximate surface area is 76.3 Å². The van der Waals surface area contributed by atoms with Gasteiger partial charge in [-0.2, -0.15) is 0 Å². The summed E-state index contributed by atoms with van der Waals surface area (Å²) in [4.78, 5) is 2.48. The lowest BCUT2D eigenvalue weighted by atomic mass is 9.86. The van der Waals surface area contributed by atoms with Crippen LogP contribution >= 0.6 is 0 Å². The van der Waals surface area contributed by atoms with Crippen LogP contribution in [-0.2, 0) is 0 Å². The van der Waals surface area contributed by atoms with Gasteiger partial charge in [-0.3, -0.25) is 0 Å². The molecule has 1 rings (SSSR count). The number of rotatable bonds is 2. The number of piperidine rings is 1. The third-order valence-corrected chi connectivity index (χ3v) is 3.11. The van der Waals surface area contributed by atoms with Gasteiger partial charge >= 0.3 is 0 Å². The van der Waals surface area contributed by atoms with Crippen LogP contribution in [0.1, 0.15) is 20.8 Å². The van der Waals surface area contributed by atoms with E-state index >= 15 is 0 Å². The van der Waals surface area contributed by atoms with Crippen molar-refractivity contribution in [1.82, 2.24) is 10.2 Å². The summed E-state index contributed by atoms with van der Waals surface area (Å²) in [5.41, 5.74) is 0. The zero-order valence-electron chi connectivity index (χ0n) is 8.80. The van der Waals surface area contributed by atoms with Crippen LogP contribution in [0.4, 0.5) is 0 Å². The molecule has 0 bridgehead atoms. The average molecular weight is 170 g/mol. The Hall–Kier alpha value is -0.0800. The summed E-state index contributed by atoms with van der Waals surface area (Å²) in [5.74, 6) is 1.58. The monoisotopic (exact) mass is 170 g/mol. The second-order valence-corrected chi connectivity index (χ2v) is 4.18. The van der Waals surface area contributed by atoms with E-state index in [-0.39, 0.29) is 0 Å². The van der Waals surface area contributed by atoms with Gasteiger partial charge in [-0.15, -0.1) is 0 Å². The third kappa shape index (κ3) is 1.99. The number of nitrogens with one attached hydrogen (secondary N) is 1. The normalized spacial score (nSPS) is 37.2.